The van der Waals surface area contributed by atoms with Gasteiger partial charge >= 0.3 is 0 Å². The van der Waals surface area contributed by atoms with Crippen molar-refractivity contribution in [3.8, 4) is 0 Å². The van der Waals surface area contributed by atoms with Crippen LogP contribution in [0, 0.1) is 6.85 Å². The fraction of sp³-hybridized carbons (Fsp3) is 0.434. The second kappa shape index (κ2) is 11.5. The molecule has 2 nitrogen and oxygen atoms in total. The Kier molecular flexibility index (Phi) is 6.93. The van der Waals surface area contributed by atoms with Crippen LogP contribution in [0.15, 0.2) is 84.9 Å². The third kappa shape index (κ3) is 5.42. The van der Waals surface area contributed by atoms with E-state index in [9.17, 15) is 0 Å². The Bertz CT molecular complexity index is 2580. The molecule has 2 heterocycles. The first kappa shape index (κ1) is 33.9. The molecule has 0 atom stereocenters. The molecule has 0 unspecified atom stereocenters. The second-order valence-electron chi connectivity index (χ2n) is 22.4. The number of benzene rings is 5. The monoisotopic (exact) mass is 742 g/mol. The summed E-state index contributed by atoms with van der Waals surface area (Å²) in [5.74, 6) is 0. The summed E-state index contributed by atoms with van der Waals surface area (Å²) in [7, 11) is 0. The Hall–Kier alpha value is -4.24. The lowest BCUT2D eigenvalue weighted by atomic mass is 9.33. The number of fused-ring (bicyclic) bond motifs is 6. The Morgan fingerprint density at radius 3 is 1.54 bits per heavy atom. The van der Waals surface area contributed by atoms with Gasteiger partial charge in [0.1, 0.15) is 0 Å². The summed E-state index contributed by atoms with van der Waals surface area (Å²) in [6.07, 6.45) is 2.14. The smallest absolute Gasteiger partial charge is 0.252 e. The molecule has 4 aliphatic rings. The van der Waals surface area contributed by atoms with Gasteiger partial charge in [0, 0.05) is 38.2 Å². The highest BCUT2D eigenvalue weighted by molar-refractivity contribution is 7.00. The predicted molar refractivity (Wildman–Crippen MR) is 244 cm³/mol. The number of anilines is 6. The predicted octanol–water partition coefficient (Wildman–Crippen LogP) is 12.6. The molecule has 9 rings (SSSR count). The van der Waals surface area contributed by atoms with Gasteiger partial charge in [-0.05, 0) is 156 Å². The lowest BCUT2D eigenvalue weighted by molar-refractivity contribution is 0.403. The van der Waals surface area contributed by atoms with Crippen LogP contribution in [0.1, 0.15) is 153 Å². The standard InChI is InChI=1S/C53H63BN2/c1-32-24-45-47-46(25-32)56(36-21-22-37-38(27-36)51(10,11)30-50(37,8)9)44-29-40-39(52(12,13)31-53(40,14)15)28-42(44)54(47)41-26-34(49(5,6)7)18-23-43(41)55(45)35-19-16-33(17-20-35)48(2,3)4/h16-29H,30-31H2,1-15H3/i1D3. The highest BCUT2D eigenvalue weighted by Crippen LogP contribution is 2.55. The van der Waals surface area contributed by atoms with E-state index in [1.807, 2.05) is 12.1 Å². The maximum atomic E-state index is 8.94. The zero-order valence-corrected chi connectivity index (χ0v) is 36.5. The Morgan fingerprint density at radius 2 is 0.964 bits per heavy atom. The molecule has 0 radical (unpaired) electrons. The molecule has 2 aliphatic carbocycles. The molecule has 2 aliphatic heterocycles. The third-order valence-electron chi connectivity index (χ3n) is 14.0. The molecule has 3 heteroatoms. The molecule has 0 bridgehead atoms. The van der Waals surface area contributed by atoms with Crippen LogP contribution in [-0.4, -0.2) is 6.71 Å². The molecule has 0 saturated carbocycles. The van der Waals surface area contributed by atoms with Crippen LogP contribution in [0.25, 0.3) is 0 Å². The summed E-state index contributed by atoms with van der Waals surface area (Å²) in [5.41, 5.74) is 18.5. The van der Waals surface area contributed by atoms with Gasteiger partial charge in [0.15, 0.2) is 0 Å². The molecule has 288 valence electrons. The average molecular weight is 742 g/mol. The molecular weight excluding hydrogens is 675 g/mol. The fourth-order valence-electron chi connectivity index (χ4n) is 11.7. The van der Waals surface area contributed by atoms with Crippen molar-refractivity contribution in [2.75, 3.05) is 9.80 Å². The maximum Gasteiger partial charge on any atom is 0.252 e. The minimum Gasteiger partial charge on any atom is -0.311 e. The van der Waals surface area contributed by atoms with E-state index in [0.29, 0.717) is 5.56 Å². The normalized spacial score (nSPS) is 20.3. The number of hydrogen-bond acceptors (Lipinski definition) is 2. The number of rotatable bonds is 2. The summed E-state index contributed by atoms with van der Waals surface area (Å²) < 4.78 is 26.8. The molecule has 5 aromatic rings. The lowest BCUT2D eigenvalue weighted by Gasteiger charge is -2.45. The first-order valence-corrected chi connectivity index (χ1v) is 21.0. The van der Waals surface area contributed by atoms with Gasteiger partial charge in [0.05, 0.1) is 0 Å². The number of aryl methyl sites for hydroxylation is 1. The second-order valence-corrected chi connectivity index (χ2v) is 22.4. The number of hydrogen-bond donors (Lipinski definition) is 0. The SMILES string of the molecule is [2H]C([2H])([2H])c1cc2c3c(c1)N(c1ccc4c(c1)C(C)(C)CC4(C)C)c1cc4c(cc1B3c1cc(C(C)(C)C)ccc1N2c1ccc(C(C)(C)C)cc1)C(C)(C)CC4(C)C. The number of nitrogens with zero attached hydrogens (tertiary/aromatic N) is 2. The minimum atomic E-state index is -2.32. The van der Waals surface area contributed by atoms with Gasteiger partial charge in [-0.25, -0.2) is 0 Å². The van der Waals surface area contributed by atoms with Crippen molar-refractivity contribution in [3.63, 3.8) is 0 Å². The lowest BCUT2D eigenvalue weighted by Crippen LogP contribution is -2.61. The molecule has 5 aromatic carbocycles. The summed E-state index contributed by atoms with van der Waals surface area (Å²) in [5, 5.41) is 0. The van der Waals surface area contributed by atoms with E-state index in [2.05, 4.69) is 180 Å². The zero-order chi connectivity index (χ0) is 42.8. The van der Waals surface area contributed by atoms with E-state index in [4.69, 9.17) is 4.11 Å². The van der Waals surface area contributed by atoms with E-state index in [1.165, 1.54) is 49.8 Å². The fourth-order valence-corrected chi connectivity index (χ4v) is 11.7. The van der Waals surface area contributed by atoms with E-state index < -0.39 is 6.85 Å². The van der Waals surface area contributed by atoms with Gasteiger partial charge in [-0.1, -0.05) is 133 Å². The van der Waals surface area contributed by atoms with Crippen molar-refractivity contribution in [2.45, 2.75) is 149 Å². The van der Waals surface area contributed by atoms with Crippen molar-refractivity contribution in [1.29, 1.82) is 0 Å². The van der Waals surface area contributed by atoms with Gasteiger partial charge in [0.25, 0.3) is 6.71 Å². The van der Waals surface area contributed by atoms with Crippen molar-refractivity contribution in [3.05, 3.63) is 124 Å². The summed E-state index contributed by atoms with van der Waals surface area (Å²) in [6, 6.07) is 32.1. The van der Waals surface area contributed by atoms with E-state index >= 15 is 0 Å². The molecule has 0 aromatic heterocycles. The maximum absolute atomic E-state index is 8.94. The van der Waals surface area contributed by atoms with Crippen molar-refractivity contribution in [2.24, 2.45) is 0 Å². The van der Waals surface area contributed by atoms with Crippen molar-refractivity contribution >= 4 is 57.2 Å². The van der Waals surface area contributed by atoms with Crippen molar-refractivity contribution < 1.29 is 4.11 Å². The van der Waals surface area contributed by atoms with Crippen molar-refractivity contribution in [1.82, 2.24) is 0 Å². The van der Waals surface area contributed by atoms with Gasteiger partial charge in [-0.3, -0.25) is 0 Å². The largest absolute Gasteiger partial charge is 0.311 e. The molecular formula is C53H63BN2. The van der Waals surface area contributed by atoms with Crippen LogP contribution in [0.4, 0.5) is 34.1 Å². The molecule has 0 saturated heterocycles. The molecule has 0 amide bonds. The zero-order valence-electron chi connectivity index (χ0n) is 39.5. The van der Waals surface area contributed by atoms with Gasteiger partial charge < -0.3 is 9.80 Å². The van der Waals surface area contributed by atoms with Gasteiger partial charge in [-0.15, -0.1) is 0 Å². The van der Waals surface area contributed by atoms with Gasteiger partial charge in [0.2, 0.25) is 0 Å². The Balaban J connectivity index is 1.43. The van der Waals surface area contributed by atoms with E-state index in [-0.39, 0.29) is 39.2 Å². The Labute approximate surface area is 343 Å². The average Bonchev–Trinajstić information content (AvgIpc) is 3.42. The first-order chi connectivity index (χ1) is 27.1. The highest BCUT2D eigenvalue weighted by atomic mass is 15.2. The van der Waals surface area contributed by atoms with Crippen LogP contribution in [-0.2, 0) is 32.5 Å². The summed E-state index contributed by atoms with van der Waals surface area (Å²) in [6.45, 7) is 30.3. The summed E-state index contributed by atoms with van der Waals surface area (Å²) >= 11 is 0. The molecule has 0 spiro atoms. The molecule has 56 heavy (non-hydrogen) atoms. The molecule has 0 fully saturated rings. The minimum absolute atomic E-state index is 0.00167. The van der Waals surface area contributed by atoms with Crippen LogP contribution >= 0.6 is 0 Å². The highest BCUT2D eigenvalue weighted by Gasteiger charge is 2.49. The van der Waals surface area contributed by atoms with E-state index in [0.717, 1.165) is 47.0 Å². The quantitative estimate of drug-likeness (QED) is 0.163. The van der Waals surface area contributed by atoms with Crippen LogP contribution in [0.5, 0.6) is 0 Å². The van der Waals surface area contributed by atoms with E-state index in [1.54, 1.807) is 0 Å². The molecule has 0 N–H and O–H groups in total. The summed E-state index contributed by atoms with van der Waals surface area (Å²) in [4.78, 5) is 4.81. The third-order valence-corrected chi connectivity index (χ3v) is 14.0. The van der Waals surface area contributed by atoms with Crippen LogP contribution in [0.3, 0.4) is 0 Å². The Morgan fingerprint density at radius 1 is 0.482 bits per heavy atom. The topological polar surface area (TPSA) is 6.48 Å². The van der Waals surface area contributed by atoms with Gasteiger partial charge in [-0.2, -0.15) is 0 Å². The first-order valence-electron chi connectivity index (χ1n) is 22.5. The van der Waals surface area contributed by atoms with Crippen LogP contribution < -0.4 is 26.2 Å². The van der Waals surface area contributed by atoms with Crippen LogP contribution in [0.2, 0.25) is 0 Å².